The molecule has 5 heteroatoms. The summed E-state index contributed by atoms with van der Waals surface area (Å²) in [4.78, 5) is 8.37. The molecule has 168 valence electrons. The number of hydrogen-bond donors (Lipinski definition) is 1. The smallest absolute Gasteiger partial charge is 0.123 e. The monoisotopic (exact) mass is 433 g/mol. The number of halogens is 1. The summed E-state index contributed by atoms with van der Waals surface area (Å²) in [6, 6.07) is 9.90. The Labute approximate surface area is 189 Å². The van der Waals surface area contributed by atoms with Crippen LogP contribution in [0.1, 0.15) is 41.5 Å². The molecule has 3 aromatic rings. The maximum absolute atomic E-state index is 13.7. The zero-order valence-corrected chi connectivity index (χ0v) is 18.9. The van der Waals surface area contributed by atoms with Gasteiger partial charge in [-0.05, 0) is 92.6 Å². The van der Waals surface area contributed by atoms with E-state index in [0.717, 1.165) is 68.1 Å². The highest BCUT2D eigenvalue weighted by atomic mass is 19.1. The zero-order valence-electron chi connectivity index (χ0n) is 18.9. The second-order valence-electron chi connectivity index (χ2n) is 10.1. The van der Waals surface area contributed by atoms with Crippen molar-refractivity contribution < 1.29 is 9.13 Å². The molecule has 0 amide bonds. The largest absolute Gasteiger partial charge is 0.492 e. The Morgan fingerprint density at radius 1 is 1.16 bits per heavy atom. The lowest BCUT2D eigenvalue weighted by atomic mass is 9.94. The Hall–Kier alpha value is -2.37. The molecule has 1 N–H and O–H groups in total. The van der Waals surface area contributed by atoms with Crippen LogP contribution in [0.3, 0.4) is 0 Å². The van der Waals surface area contributed by atoms with E-state index in [-0.39, 0.29) is 5.82 Å². The highest BCUT2D eigenvalue weighted by Crippen LogP contribution is 2.37. The van der Waals surface area contributed by atoms with Crippen LogP contribution in [0, 0.1) is 11.7 Å². The van der Waals surface area contributed by atoms with E-state index >= 15 is 0 Å². The molecule has 1 aromatic heterocycles. The second-order valence-corrected chi connectivity index (χ2v) is 10.1. The van der Waals surface area contributed by atoms with Crippen molar-refractivity contribution >= 4 is 10.9 Å². The second kappa shape index (κ2) is 8.20. The third-order valence-electron chi connectivity index (χ3n) is 7.55. The first-order valence-corrected chi connectivity index (χ1v) is 12.1. The van der Waals surface area contributed by atoms with Crippen molar-refractivity contribution in [2.24, 2.45) is 5.92 Å². The van der Waals surface area contributed by atoms with E-state index < -0.39 is 0 Å². The number of benzene rings is 2. The molecule has 1 fully saturated rings. The molecule has 0 spiro atoms. The van der Waals surface area contributed by atoms with E-state index in [9.17, 15) is 4.39 Å². The summed E-state index contributed by atoms with van der Waals surface area (Å²) in [5, 5.41) is 1.02. The first-order valence-electron chi connectivity index (χ1n) is 12.1. The molecule has 1 atom stereocenters. The van der Waals surface area contributed by atoms with Gasteiger partial charge in [0.2, 0.25) is 0 Å². The van der Waals surface area contributed by atoms with Gasteiger partial charge in [0, 0.05) is 48.3 Å². The average molecular weight is 434 g/mol. The van der Waals surface area contributed by atoms with Crippen LogP contribution in [0.25, 0.3) is 10.9 Å². The van der Waals surface area contributed by atoms with Crippen LogP contribution in [-0.2, 0) is 25.9 Å². The maximum Gasteiger partial charge on any atom is 0.123 e. The Bertz CT molecular complexity index is 1140. The van der Waals surface area contributed by atoms with Gasteiger partial charge in [0.25, 0.3) is 0 Å². The van der Waals surface area contributed by atoms with Gasteiger partial charge in [0.05, 0.1) is 0 Å². The fourth-order valence-corrected chi connectivity index (χ4v) is 5.64. The average Bonchev–Trinajstić information content (AvgIpc) is 3.40. The molecule has 2 aromatic carbocycles. The third kappa shape index (κ3) is 3.93. The van der Waals surface area contributed by atoms with Gasteiger partial charge in [-0.25, -0.2) is 4.39 Å². The van der Waals surface area contributed by atoms with Crippen molar-refractivity contribution in [2.75, 3.05) is 26.7 Å². The molecule has 1 aliphatic carbocycles. The van der Waals surface area contributed by atoms with Crippen LogP contribution in [0.2, 0.25) is 0 Å². The third-order valence-corrected chi connectivity index (χ3v) is 7.55. The molecule has 4 nitrogen and oxygen atoms in total. The fourth-order valence-electron chi connectivity index (χ4n) is 5.64. The first-order chi connectivity index (χ1) is 15.6. The minimum Gasteiger partial charge on any atom is -0.492 e. The highest BCUT2D eigenvalue weighted by Gasteiger charge is 2.33. The molecule has 0 saturated heterocycles. The SMILES string of the molecule is CN1Cc2ccc3c(c2C1)C[C@@H](N(CCCc1c[nH]c2ccc(F)cc12)CC1CC1)CO3. The minimum atomic E-state index is -0.162. The van der Waals surface area contributed by atoms with Gasteiger partial charge in [-0.3, -0.25) is 9.80 Å². The van der Waals surface area contributed by atoms with Gasteiger partial charge < -0.3 is 9.72 Å². The van der Waals surface area contributed by atoms with Crippen molar-refractivity contribution in [1.29, 1.82) is 0 Å². The van der Waals surface area contributed by atoms with Crippen LogP contribution in [0.4, 0.5) is 4.39 Å². The zero-order chi connectivity index (χ0) is 21.7. The summed E-state index contributed by atoms with van der Waals surface area (Å²) in [6.07, 6.45) is 7.92. The number of nitrogens with zero attached hydrogens (tertiary/aromatic N) is 2. The molecule has 3 heterocycles. The summed E-state index contributed by atoms with van der Waals surface area (Å²) in [5.74, 6) is 1.79. The normalized spacial score (nSPS) is 20.5. The molecule has 32 heavy (non-hydrogen) atoms. The summed E-state index contributed by atoms with van der Waals surface area (Å²) >= 11 is 0. The number of aromatic amines is 1. The molecular weight excluding hydrogens is 401 g/mol. The van der Waals surface area contributed by atoms with Crippen LogP contribution in [0.15, 0.2) is 36.5 Å². The van der Waals surface area contributed by atoms with E-state index in [0.29, 0.717) is 6.04 Å². The number of hydrogen-bond acceptors (Lipinski definition) is 3. The van der Waals surface area contributed by atoms with Crippen molar-refractivity contribution in [3.63, 3.8) is 0 Å². The van der Waals surface area contributed by atoms with Gasteiger partial charge in [0.15, 0.2) is 0 Å². The van der Waals surface area contributed by atoms with E-state index in [1.54, 1.807) is 6.07 Å². The molecule has 0 unspecified atom stereocenters. The van der Waals surface area contributed by atoms with Crippen molar-refractivity contribution in [3.8, 4) is 5.75 Å². The minimum absolute atomic E-state index is 0.162. The molecule has 6 rings (SSSR count). The van der Waals surface area contributed by atoms with Crippen molar-refractivity contribution in [3.05, 3.63) is 64.6 Å². The van der Waals surface area contributed by atoms with Gasteiger partial charge >= 0.3 is 0 Å². The number of fused-ring (bicyclic) bond motifs is 4. The lowest BCUT2D eigenvalue weighted by Gasteiger charge is -2.36. The molecular formula is C27H32FN3O. The Morgan fingerprint density at radius 2 is 2.06 bits per heavy atom. The van der Waals surface area contributed by atoms with E-state index in [1.807, 2.05) is 6.07 Å². The highest BCUT2D eigenvalue weighted by molar-refractivity contribution is 5.83. The van der Waals surface area contributed by atoms with Crippen LogP contribution < -0.4 is 4.74 Å². The van der Waals surface area contributed by atoms with Gasteiger partial charge in [0.1, 0.15) is 18.2 Å². The quantitative estimate of drug-likeness (QED) is 0.575. The number of rotatable bonds is 7. The van der Waals surface area contributed by atoms with E-state index in [4.69, 9.17) is 4.74 Å². The Balaban J connectivity index is 1.16. The van der Waals surface area contributed by atoms with Crippen LogP contribution in [-0.4, -0.2) is 47.6 Å². The number of nitrogens with one attached hydrogen (secondary N) is 1. The number of H-pyrrole nitrogens is 1. The number of ether oxygens (including phenoxy) is 1. The number of aryl methyl sites for hydroxylation is 1. The lowest BCUT2D eigenvalue weighted by molar-refractivity contribution is 0.113. The summed E-state index contributed by atoms with van der Waals surface area (Å²) in [7, 11) is 2.20. The Morgan fingerprint density at radius 3 is 2.94 bits per heavy atom. The van der Waals surface area contributed by atoms with Crippen LogP contribution in [0.5, 0.6) is 5.75 Å². The van der Waals surface area contributed by atoms with E-state index in [2.05, 4.69) is 40.2 Å². The van der Waals surface area contributed by atoms with E-state index in [1.165, 1.54) is 47.7 Å². The predicted octanol–water partition coefficient (Wildman–Crippen LogP) is 4.90. The van der Waals surface area contributed by atoms with Crippen molar-refractivity contribution in [2.45, 2.75) is 51.2 Å². The fraction of sp³-hybridized carbons (Fsp3) is 0.481. The lowest BCUT2D eigenvalue weighted by Crippen LogP contribution is -2.45. The van der Waals surface area contributed by atoms with Gasteiger partial charge in [-0.1, -0.05) is 6.07 Å². The predicted molar refractivity (Wildman–Crippen MR) is 125 cm³/mol. The molecule has 0 bridgehead atoms. The molecule has 1 saturated carbocycles. The standard InChI is InChI=1S/C27H32FN3O/c1-30-15-20-6-9-27-24(25(20)16-30)12-22(17-32-27)31(14-18-4-5-18)10-2-3-19-13-29-26-8-7-21(28)11-23(19)26/h6-9,11,13,18,22,29H,2-5,10,12,14-17H2,1H3/t22-/m1/s1. The summed E-state index contributed by atoms with van der Waals surface area (Å²) in [6.45, 7) is 5.11. The first kappa shape index (κ1) is 20.3. The summed E-state index contributed by atoms with van der Waals surface area (Å²) in [5.41, 5.74) is 6.65. The summed E-state index contributed by atoms with van der Waals surface area (Å²) < 4.78 is 20.0. The van der Waals surface area contributed by atoms with Crippen LogP contribution >= 0.6 is 0 Å². The van der Waals surface area contributed by atoms with Crippen molar-refractivity contribution in [1.82, 2.24) is 14.8 Å². The molecule has 0 radical (unpaired) electrons. The topological polar surface area (TPSA) is 31.5 Å². The van der Waals surface area contributed by atoms with Gasteiger partial charge in [-0.15, -0.1) is 0 Å². The molecule has 3 aliphatic rings. The molecule has 2 aliphatic heterocycles. The Kier molecular flexibility index (Phi) is 5.19. The van der Waals surface area contributed by atoms with Gasteiger partial charge in [-0.2, -0.15) is 0 Å². The maximum atomic E-state index is 13.7. The number of aromatic nitrogens is 1.